The minimum absolute atomic E-state index is 0.316. The van der Waals surface area contributed by atoms with Crippen molar-refractivity contribution in [2.24, 2.45) is 5.92 Å². The van der Waals surface area contributed by atoms with Crippen LogP contribution in [0, 0.1) is 12.8 Å². The summed E-state index contributed by atoms with van der Waals surface area (Å²) in [4.78, 5) is 20.4. The van der Waals surface area contributed by atoms with Crippen molar-refractivity contribution in [2.45, 2.75) is 51.4 Å². The molecule has 2 heterocycles. The van der Waals surface area contributed by atoms with Gasteiger partial charge < -0.3 is 4.90 Å². The molecule has 0 spiro atoms. The Kier molecular flexibility index (Phi) is 3.87. The number of carbonyl (C=O) groups is 1. The summed E-state index contributed by atoms with van der Waals surface area (Å²) < 4.78 is 0. The summed E-state index contributed by atoms with van der Waals surface area (Å²) in [5.74, 6) is 1.20. The van der Waals surface area contributed by atoms with Crippen molar-refractivity contribution < 1.29 is 4.79 Å². The van der Waals surface area contributed by atoms with E-state index in [0.717, 1.165) is 32.4 Å². The van der Waals surface area contributed by atoms with E-state index in [1.165, 1.54) is 29.1 Å². The van der Waals surface area contributed by atoms with Crippen LogP contribution < -0.4 is 0 Å². The Morgan fingerprint density at radius 1 is 1.32 bits per heavy atom. The molecule has 1 atom stereocenters. The average molecular weight is 278 g/mol. The second kappa shape index (κ2) is 5.61. The van der Waals surface area contributed by atoms with Gasteiger partial charge >= 0.3 is 0 Å². The first-order chi connectivity index (χ1) is 9.24. The van der Waals surface area contributed by atoms with Crippen LogP contribution in [-0.4, -0.2) is 28.9 Å². The first kappa shape index (κ1) is 13.1. The second-order valence-corrected chi connectivity index (χ2v) is 7.18. The summed E-state index contributed by atoms with van der Waals surface area (Å²) in [6, 6.07) is 0. The molecule has 1 aromatic rings. The molecule has 2 fully saturated rings. The second-order valence-electron chi connectivity index (χ2n) is 5.91. The molecule has 1 aromatic heterocycles. The summed E-state index contributed by atoms with van der Waals surface area (Å²) in [5.41, 5.74) is 0. The number of hydrogen-bond donors (Lipinski definition) is 0. The molecule has 3 rings (SSSR count). The van der Waals surface area contributed by atoms with Gasteiger partial charge in [0.25, 0.3) is 0 Å². The number of thiazole rings is 1. The van der Waals surface area contributed by atoms with Crippen molar-refractivity contribution in [3.05, 3.63) is 16.1 Å². The predicted octanol–water partition coefficient (Wildman–Crippen LogP) is 3.35. The molecule has 0 unspecified atom stereocenters. The Bertz CT molecular complexity index is 451. The van der Waals surface area contributed by atoms with E-state index in [4.69, 9.17) is 0 Å². The van der Waals surface area contributed by atoms with E-state index in [0.29, 0.717) is 17.7 Å². The quantitative estimate of drug-likeness (QED) is 0.831. The van der Waals surface area contributed by atoms with E-state index >= 15 is 0 Å². The van der Waals surface area contributed by atoms with Crippen LogP contribution in [0.1, 0.15) is 54.3 Å². The van der Waals surface area contributed by atoms with Crippen molar-refractivity contribution in [1.29, 1.82) is 0 Å². The molecule has 104 valence electrons. The highest BCUT2D eigenvalue weighted by Gasteiger charge is 2.31. The lowest BCUT2D eigenvalue weighted by molar-refractivity contribution is -0.136. The number of rotatable bonds is 2. The van der Waals surface area contributed by atoms with Crippen LogP contribution in [0.3, 0.4) is 0 Å². The van der Waals surface area contributed by atoms with E-state index in [-0.39, 0.29) is 0 Å². The predicted molar refractivity (Wildman–Crippen MR) is 77.4 cm³/mol. The highest BCUT2D eigenvalue weighted by molar-refractivity contribution is 7.11. The maximum atomic E-state index is 12.5. The van der Waals surface area contributed by atoms with Crippen LogP contribution in [0.25, 0.3) is 0 Å². The zero-order valence-corrected chi connectivity index (χ0v) is 12.4. The van der Waals surface area contributed by atoms with Crippen LogP contribution in [0.5, 0.6) is 0 Å². The van der Waals surface area contributed by atoms with E-state index in [1.54, 1.807) is 11.3 Å². The third-order valence-electron chi connectivity index (χ3n) is 4.43. The Labute approximate surface area is 119 Å². The standard InChI is InChI=1S/C15H22N2OS/c1-11-9-16-14(19-11)13-7-4-8-17(10-13)15(18)12-5-2-3-6-12/h9,12-13H,2-8,10H2,1H3/t13-/m0/s1. The Morgan fingerprint density at radius 2 is 2.11 bits per heavy atom. The van der Waals surface area contributed by atoms with Crippen molar-refractivity contribution in [2.75, 3.05) is 13.1 Å². The van der Waals surface area contributed by atoms with E-state index < -0.39 is 0 Å². The smallest absolute Gasteiger partial charge is 0.225 e. The fourth-order valence-corrected chi connectivity index (χ4v) is 4.27. The lowest BCUT2D eigenvalue weighted by Crippen LogP contribution is -2.41. The van der Waals surface area contributed by atoms with Gasteiger partial charge in [-0.2, -0.15) is 0 Å². The topological polar surface area (TPSA) is 33.2 Å². The zero-order valence-electron chi connectivity index (χ0n) is 11.6. The Balaban J connectivity index is 1.65. The first-order valence-electron chi connectivity index (χ1n) is 7.45. The highest BCUT2D eigenvalue weighted by atomic mass is 32.1. The normalized spacial score (nSPS) is 24.9. The van der Waals surface area contributed by atoms with Gasteiger partial charge in [-0.25, -0.2) is 4.98 Å². The Morgan fingerprint density at radius 3 is 2.79 bits per heavy atom. The lowest BCUT2D eigenvalue weighted by atomic mass is 9.96. The van der Waals surface area contributed by atoms with Gasteiger partial charge in [0, 0.05) is 36.0 Å². The van der Waals surface area contributed by atoms with E-state index in [1.807, 2.05) is 6.20 Å². The summed E-state index contributed by atoms with van der Waals surface area (Å²) in [5, 5.41) is 1.22. The number of nitrogens with zero attached hydrogens (tertiary/aromatic N) is 2. The van der Waals surface area contributed by atoms with E-state index in [2.05, 4.69) is 16.8 Å². The van der Waals surface area contributed by atoms with Gasteiger partial charge in [-0.05, 0) is 32.6 Å². The number of piperidine rings is 1. The van der Waals surface area contributed by atoms with Gasteiger partial charge in [0.15, 0.2) is 0 Å². The van der Waals surface area contributed by atoms with Crippen LogP contribution >= 0.6 is 11.3 Å². The molecule has 1 aliphatic carbocycles. The third-order valence-corrected chi connectivity index (χ3v) is 5.50. The van der Waals surface area contributed by atoms with E-state index in [9.17, 15) is 4.79 Å². The molecular formula is C15H22N2OS. The van der Waals surface area contributed by atoms with Crippen LogP contribution in [0.15, 0.2) is 6.20 Å². The maximum absolute atomic E-state index is 12.5. The van der Waals surface area contributed by atoms with Gasteiger partial charge in [-0.3, -0.25) is 4.79 Å². The minimum Gasteiger partial charge on any atom is -0.342 e. The minimum atomic E-state index is 0.316. The van der Waals surface area contributed by atoms with Crippen molar-refractivity contribution in [3.63, 3.8) is 0 Å². The molecular weight excluding hydrogens is 256 g/mol. The number of aromatic nitrogens is 1. The fourth-order valence-electron chi connectivity index (χ4n) is 3.37. The van der Waals surface area contributed by atoms with Gasteiger partial charge in [0.05, 0.1) is 5.01 Å². The molecule has 2 aliphatic rings. The molecule has 0 radical (unpaired) electrons. The Hall–Kier alpha value is -0.900. The molecule has 0 bridgehead atoms. The highest BCUT2D eigenvalue weighted by Crippen LogP contribution is 2.32. The van der Waals surface area contributed by atoms with Gasteiger partial charge in [-0.1, -0.05) is 12.8 Å². The molecule has 0 aromatic carbocycles. The molecule has 1 aliphatic heterocycles. The maximum Gasteiger partial charge on any atom is 0.225 e. The zero-order chi connectivity index (χ0) is 13.2. The molecule has 19 heavy (non-hydrogen) atoms. The number of carbonyl (C=O) groups excluding carboxylic acids is 1. The van der Waals surface area contributed by atoms with Gasteiger partial charge in [0.1, 0.15) is 0 Å². The van der Waals surface area contributed by atoms with Gasteiger partial charge in [-0.15, -0.1) is 11.3 Å². The summed E-state index contributed by atoms with van der Waals surface area (Å²) >= 11 is 1.79. The largest absolute Gasteiger partial charge is 0.342 e. The molecule has 3 nitrogen and oxygen atoms in total. The van der Waals surface area contributed by atoms with Crippen LogP contribution in [0.4, 0.5) is 0 Å². The fraction of sp³-hybridized carbons (Fsp3) is 0.733. The van der Waals surface area contributed by atoms with Crippen molar-refractivity contribution >= 4 is 17.2 Å². The molecule has 4 heteroatoms. The number of likely N-dealkylation sites (tertiary alicyclic amines) is 1. The van der Waals surface area contributed by atoms with Crippen LogP contribution in [-0.2, 0) is 4.79 Å². The average Bonchev–Trinajstić information content (AvgIpc) is 3.09. The number of aryl methyl sites for hydroxylation is 1. The summed E-state index contributed by atoms with van der Waals surface area (Å²) in [7, 11) is 0. The van der Waals surface area contributed by atoms with Gasteiger partial charge in [0.2, 0.25) is 5.91 Å². The molecule has 1 amide bonds. The van der Waals surface area contributed by atoms with Crippen LogP contribution in [0.2, 0.25) is 0 Å². The monoisotopic (exact) mass is 278 g/mol. The summed E-state index contributed by atoms with van der Waals surface area (Å²) in [6.07, 6.45) is 8.95. The molecule has 1 saturated carbocycles. The van der Waals surface area contributed by atoms with Crippen molar-refractivity contribution in [1.82, 2.24) is 9.88 Å². The number of hydrogen-bond acceptors (Lipinski definition) is 3. The number of amides is 1. The first-order valence-corrected chi connectivity index (χ1v) is 8.27. The summed E-state index contributed by atoms with van der Waals surface area (Å²) in [6.45, 7) is 3.95. The van der Waals surface area contributed by atoms with Crippen molar-refractivity contribution in [3.8, 4) is 0 Å². The molecule has 1 saturated heterocycles. The SMILES string of the molecule is Cc1cnc([C@H]2CCCN(C(=O)C3CCCC3)C2)s1. The lowest BCUT2D eigenvalue weighted by Gasteiger charge is -2.33. The third kappa shape index (κ3) is 2.83. The molecule has 0 N–H and O–H groups in total.